The fourth-order valence-electron chi connectivity index (χ4n) is 2.45. The topological polar surface area (TPSA) is 96.5 Å². The largest absolute Gasteiger partial charge is 0.481 e. The first-order chi connectivity index (χ1) is 9.95. The highest BCUT2D eigenvalue weighted by Gasteiger charge is 2.37. The molecule has 1 amide bonds. The number of nitrogens with two attached hydrogens (primary N) is 1. The molecule has 2 heterocycles. The highest BCUT2D eigenvalue weighted by atomic mass is 32.1. The summed E-state index contributed by atoms with van der Waals surface area (Å²) in [5.74, 6) is -1.27. The zero-order valence-corrected chi connectivity index (χ0v) is 12.3. The van der Waals surface area contributed by atoms with Gasteiger partial charge in [-0.3, -0.25) is 9.59 Å². The maximum absolute atomic E-state index is 12.3. The first-order valence-corrected chi connectivity index (χ1v) is 7.45. The number of nitrogen functional groups attached to an aromatic ring is 1. The van der Waals surface area contributed by atoms with Gasteiger partial charge >= 0.3 is 5.97 Å². The minimum atomic E-state index is -0.811. The average molecular weight is 305 g/mol. The van der Waals surface area contributed by atoms with Crippen molar-refractivity contribution in [1.29, 1.82) is 0 Å². The van der Waals surface area contributed by atoms with Crippen molar-refractivity contribution in [2.24, 2.45) is 11.8 Å². The molecule has 1 unspecified atom stereocenters. The van der Waals surface area contributed by atoms with Crippen molar-refractivity contribution in [2.45, 2.75) is 6.92 Å². The first kappa shape index (κ1) is 13.8. The Hall–Kier alpha value is -2.15. The number of carbonyl (C=O) groups excluding carboxylic acids is 1. The number of nitrogens with zero attached hydrogens (tertiary/aromatic N) is 2. The van der Waals surface area contributed by atoms with Crippen molar-refractivity contribution in [2.75, 3.05) is 18.8 Å². The summed E-state index contributed by atoms with van der Waals surface area (Å²) in [4.78, 5) is 29.1. The molecular weight excluding hydrogens is 290 g/mol. The molecule has 110 valence electrons. The Kier molecular flexibility index (Phi) is 3.29. The second kappa shape index (κ2) is 5.00. The van der Waals surface area contributed by atoms with Crippen LogP contribution < -0.4 is 5.73 Å². The molecule has 1 aromatic carbocycles. The van der Waals surface area contributed by atoms with Gasteiger partial charge in [0.15, 0.2) is 5.13 Å². The van der Waals surface area contributed by atoms with Gasteiger partial charge in [-0.25, -0.2) is 4.98 Å². The molecule has 21 heavy (non-hydrogen) atoms. The van der Waals surface area contributed by atoms with Gasteiger partial charge < -0.3 is 15.7 Å². The molecule has 0 aliphatic carbocycles. The Morgan fingerprint density at radius 3 is 2.86 bits per heavy atom. The Bertz CT molecular complexity index is 721. The molecule has 0 bridgehead atoms. The summed E-state index contributed by atoms with van der Waals surface area (Å²) >= 11 is 1.35. The van der Waals surface area contributed by atoms with E-state index in [0.717, 1.165) is 10.2 Å². The summed E-state index contributed by atoms with van der Waals surface area (Å²) in [6.45, 7) is 2.67. The predicted octanol–water partition coefficient (Wildman–Crippen LogP) is 1.67. The van der Waals surface area contributed by atoms with Crippen molar-refractivity contribution in [3.63, 3.8) is 0 Å². The minimum absolute atomic E-state index is 0.0363. The molecule has 7 heteroatoms. The number of amides is 1. The number of carbonyl (C=O) groups is 2. The van der Waals surface area contributed by atoms with E-state index in [1.807, 2.05) is 0 Å². The Morgan fingerprint density at radius 1 is 1.48 bits per heavy atom. The van der Waals surface area contributed by atoms with Crippen LogP contribution in [0, 0.1) is 11.8 Å². The van der Waals surface area contributed by atoms with Crippen LogP contribution in [0.4, 0.5) is 5.13 Å². The normalized spacial score (nSPS) is 16.7. The van der Waals surface area contributed by atoms with Crippen molar-refractivity contribution >= 4 is 38.6 Å². The molecule has 3 N–H and O–H groups in total. The van der Waals surface area contributed by atoms with Gasteiger partial charge in [0.1, 0.15) is 0 Å². The van der Waals surface area contributed by atoms with Crippen LogP contribution in [0.15, 0.2) is 18.2 Å². The van der Waals surface area contributed by atoms with Crippen LogP contribution in [0.2, 0.25) is 0 Å². The molecule has 1 fully saturated rings. The van der Waals surface area contributed by atoms with E-state index in [2.05, 4.69) is 4.98 Å². The molecular formula is C14H15N3O3S. The zero-order valence-electron chi connectivity index (χ0n) is 11.4. The third-order valence-corrected chi connectivity index (χ3v) is 4.79. The number of benzene rings is 1. The maximum Gasteiger partial charge on any atom is 0.306 e. The number of thiazole rings is 1. The number of carboxylic acid groups (broad SMARTS) is 1. The summed E-state index contributed by atoms with van der Waals surface area (Å²) in [5.41, 5.74) is 7.03. The van der Waals surface area contributed by atoms with Crippen molar-refractivity contribution in [3.05, 3.63) is 23.8 Å². The minimum Gasteiger partial charge on any atom is -0.481 e. The maximum atomic E-state index is 12.3. The van der Waals surface area contributed by atoms with Gasteiger partial charge in [0, 0.05) is 24.6 Å². The van der Waals surface area contributed by atoms with Gasteiger partial charge in [0.2, 0.25) is 0 Å². The highest BCUT2D eigenvalue weighted by molar-refractivity contribution is 7.22. The van der Waals surface area contributed by atoms with Crippen LogP contribution in [0.3, 0.4) is 0 Å². The molecule has 6 nitrogen and oxygen atoms in total. The lowest BCUT2D eigenvalue weighted by Gasteiger charge is -2.41. The van der Waals surface area contributed by atoms with Gasteiger partial charge in [0.25, 0.3) is 5.91 Å². The lowest BCUT2D eigenvalue weighted by molar-refractivity contribution is -0.144. The number of carboxylic acids is 1. The molecule has 1 saturated heterocycles. The van der Waals surface area contributed by atoms with Crippen LogP contribution in [0.5, 0.6) is 0 Å². The molecule has 1 aliphatic rings. The predicted molar refractivity (Wildman–Crippen MR) is 80.2 cm³/mol. The molecule has 3 rings (SSSR count). The number of hydrogen-bond donors (Lipinski definition) is 2. The number of aromatic nitrogens is 1. The van der Waals surface area contributed by atoms with Crippen LogP contribution in [0.1, 0.15) is 17.3 Å². The van der Waals surface area contributed by atoms with Gasteiger partial charge in [-0.1, -0.05) is 18.3 Å². The quantitative estimate of drug-likeness (QED) is 0.899. The van der Waals surface area contributed by atoms with E-state index in [-0.39, 0.29) is 11.8 Å². The molecule has 0 saturated carbocycles. The Labute approximate surface area is 125 Å². The molecule has 1 aliphatic heterocycles. The average Bonchev–Trinajstić information content (AvgIpc) is 2.75. The van der Waals surface area contributed by atoms with E-state index in [0.29, 0.717) is 23.8 Å². The standard InChI is InChI=1S/C14H15N3O3S/c1-7(13(19)20)9-5-17(6-9)12(18)8-2-3-10-11(4-8)21-14(15)16-10/h2-4,7,9H,5-6H2,1H3,(H2,15,16)(H,19,20). The monoisotopic (exact) mass is 305 g/mol. The summed E-state index contributed by atoms with van der Waals surface area (Å²) in [6, 6.07) is 5.31. The summed E-state index contributed by atoms with van der Waals surface area (Å²) in [6.07, 6.45) is 0. The Balaban J connectivity index is 1.72. The number of fused-ring (bicyclic) bond motifs is 1. The van der Waals surface area contributed by atoms with Crippen molar-refractivity contribution in [3.8, 4) is 0 Å². The van der Waals surface area contributed by atoms with Gasteiger partial charge in [0.05, 0.1) is 16.1 Å². The molecule has 1 atom stereocenters. The fraction of sp³-hybridized carbons (Fsp3) is 0.357. The van der Waals surface area contributed by atoms with E-state index >= 15 is 0 Å². The molecule has 1 aromatic heterocycles. The summed E-state index contributed by atoms with van der Waals surface area (Å²) in [5, 5.41) is 9.44. The van der Waals surface area contributed by atoms with Crippen LogP contribution in [-0.4, -0.2) is 40.0 Å². The lowest BCUT2D eigenvalue weighted by Crippen LogP contribution is -2.53. The zero-order chi connectivity index (χ0) is 15.1. The number of rotatable bonds is 3. The van der Waals surface area contributed by atoms with Crippen molar-refractivity contribution < 1.29 is 14.7 Å². The van der Waals surface area contributed by atoms with E-state index in [1.54, 1.807) is 30.0 Å². The number of aliphatic carboxylic acids is 1. The van der Waals surface area contributed by atoms with Crippen molar-refractivity contribution in [1.82, 2.24) is 9.88 Å². The lowest BCUT2D eigenvalue weighted by atomic mass is 9.86. The van der Waals surface area contributed by atoms with Crippen LogP contribution in [0.25, 0.3) is 10.2 Å². The van der Waals surface area contributed by atoms with Crippen LogP contribution >= 0.6 is 11.3 Å². The number of hydrogen-bond acceptors (Lipinski definition) is 5. The number of anilines is 1. The third kappa shape index (κ3) is 2.44. The van der Waals surface area contributed by atoms with Gasteiger partial charge in [-0.05, 0) is 18.2 Å². The third-order valence-electron chi connectivity index (χ3n) is 3.95. The van der Waals surface area contributed by atoms with Gasteiger partial charge in [-0.15, -0.1) is 0 Å². The number of likely N-dealkylation sites (tertiary alicyclic amines) is 1. The second-order valence-electron chi connectivity index (χ2n) is 5.33. The molecule has 0 spiro atoms. The van der Waals surface area contributed by atoms with Crippen LogP contribution in [-0.2, 0) is 4.79 Å². The highest BCUT2D eigenvalue weighted by Crippen LogP contribution is 2.28. The van der Waals surface area contributed by atoms with E-state index in [1.165, 1.54) is 11.3 Å². The molecule has 0 radical (unpaired) electrons. The Morgan fingerprint density at radius 2 is 2.19 bits per heavy atom. The SMILES string of the molecule is CC(C(=O)O)C1CN(C(=O)c2ccc3nc(N)sc3c2)C1. The summed E-state index contributed by atoms with van der Waals surface area (Å²) < 4.78 is 0.884. The molecule has 2 aromatic rings. The second-order valence-corrected chi connectivity index (χ2v) is 6.39. The smallest absolute Gasteiger partial charge is 0.306 e. The van der Waals surface area contributed by atoms with E-state index < -0.39 is 11.9 Å². The first-order valence-electron chi connectivity index (χ1n) is 6.64. The van der Waals surface area contributed by atoms with Gasteiger partial charge in [-0.2, -0.15) is 0 Å². The fourth-order valence-corrected chi connectivity index (χ4v) is 3.23. The van der Waals surface area contributed by atoms with E-state index in [9.17, 15) is 9.59 Å². The van der Waals surface area contributed by atoms with E-state index in [4.69, 9.17) is 10.8 Å². The summed E-state index contributed by atoms with van der Waals surface area (Å²) in [7, 11) is 0.